The van der Waals surface area contributed by atoms with Crippen molar-refractivity contribution in [2.75, 3.05) is 29.0 Å². The van der Waals surface area contributed by atoms with Crippen LogP contribution in [0.5, 0.6) is 0 Å². The van der Waals surface area contributed by atoms with E-state index in [1.54, 1.807) is 16.3 Å². The summed E-state index contributed by atoms with van der Waals surface area (Å²) >= 11 is 0. The first-order valence-electron chi connectivity index (χ1n) is 9.01. The van der Waals surface area contributed by atoms with E-state index in [2.05, 4.69) is 0 Å². The first-order chi connectivity index (χ1) is 13.6. The smallest absolute Gasteiger partial charge is 0.399 e. The van der Waals surface area contributed by atoms with Crippen molar-refractivity contribution in [3.8, 4) is 0 Å². The number of nitrogens with two attached hydrogens (primary N) is 2. The minimum absolute atomic E-state index is 0.0128. The number of primary amides is 1. The van der Waals surface area contributed by atoms with E-state index in [0.717, 1.165) is 24.8 Å². The summed E-state index contributed by atoms with van der Waals surface area (Å²) in [6.45, 7) is 0.396. The Hall–Kier alpha value is -3.23. The number of halogens is 3. The summed E-state index contributed by atoms with van der Waals surface area (Å²) in [5.41, 5.74) is 13.3. The molecule has 0 atom stereocenters. The highest BCUT2D eigenvalue weighted by molar-refractivity contribution is 5.95. The standard InChI is InChI=1S/C20H23F3N4O2/c21-20(22,23)19(29)26-16-5-3-6-17(12-16)27(13-18(25)28)11-2-1-4-14-7-9-15(24)10-8-14/h3,5-10,12H,1-2,4,11,13,24H2,(H2,25,28)(H,26,29). The van der Waals surface area contributed by atoms with Gasteiger partial charge in [0.2, 0.25) is 5.91 Å². The molecule has 2 aromatic carbocycles. The number of alkyl halides is 3. The van der Waals surface area contributed by atoms with Gasteiger partial charge < -0.3 is 21.7 Å². The molecule has 0 aliphatic heterocycles. The Bertz CT molecular complexity index is 838. The van der Waals surface area contributed by atoms with Crippen LogP contribution in [-0.4, -0.2) is 31.1 Å². The topological polar surface area (TPSA) is 101 Å². The second-order valence-corrected chi connectivity index (χ2v) is 6.59. The zero-order valence-electron chi connectivity index (χ0n) is 15.7. The van der Waals surface area contributed by atoms with E-state index < -0.39 is 18.0 Å². The van der Waals surface area contributed by atoms with Gasteiger partial charge in [0.1, 0.15) is 0 Å². The third-order valence-electron chi connectivity index (χ3n) is 4.20. The van der Waals surface area contributed by atoms with Crippen LogP contribution < -0.4 is 21.7 Å². The van der Waals surface area contributed by atoms with E-state index >= 15 is 0 Å². The number of aryl methyl sites for hydroxylation is 1. The Kier molecular flexibility index (Phi) is 7.46. The second-order valence-electron chi connectivity index (χ2n) is 6.59. The molecule has 9 heteroatoms. The Morgan fingerprint density at radius 3 is 2.34 bits per heavy atom. The number of carbonyl (C=O) groups excluding carboxylic acids is 2. The Morgan fingerprint density at radius 1 is 1.03 bits per heavy atom. The summed E-state index contributed by atoms with van der Waals surface area (Å²) in [5, 5.41) is 1.81. The number of unbranched alkanes of at least 4 members (excludes halogenated alkanes) is 1. The molecule has 2 amide bonds. The molecule has 2 aromatic rings. The van der Waals surface area contributed by atoms with E-state index in [0.29, 0.717) is 17.9 Å². The molecule has 6 nitrogen and oxygen atoms in total. The maximum absolute atomic E-state index is 12.4. The summed E-state index contributed by atoms with van der Waals surface area (Å²) < 4.78 is 37.3. The van der Waals surface area contributed by atoms with Gasteiger partial charge in [-0.2, -0.15) is 13.2 Å². The number of rotatable bonds is 9. The van der Waals surface area contributed by atoms with Crippen LogP contribution in [0.1, 0.15) is 18.4 Å². The molecule has 0 bridgehead atoms. The van der Waals surface area contributed by atoms with Gasteiger partial charge >= 0.3 is 12.1 Å². The zero-order chi connectivity index (χ0) is 21.4. The van der Waals surface area contributed by atoms with Crippen molar-refractivity contribution in [3.63, 3.8) is 0 Å². The minimum Gasteiger partial charge on any atom is -0.399 e. The number of nitrogen functional groups attached to an aromatic ring is 1. The van der Waals surface area contributed by atoms with Crippen LogP contribution in [-0.2, 0) is 16.0 Å². The number of anilines is 3. The van der Waals surface area contributed by atoms with E-state index in [4.69, 9.17) is 11.5 Å². The van der Waals surface area contributed by atoms with Crippen LogP contribution in [0.15, 0.2) is 48.5 Å². The van der Waals surface area contributed by atoms with Crippen molar-refractivity contribution in [2.45, 2.75) is 25.4 Å². The fourth-order valence-electron chi connectivity index (χ4n) is 2.79. The summed E-state index contributed by atoms with van der Waals surface area (Å²) in [6.07, 6.45) is -2.59. The van der Waals surface area contributed by atoms with Gasteiger partial charge in [-0.3, -0.25) is 9.59 Å². The fourth-order valence-corrected chi connectivity index (χ4v) is 2.79. The lowest BCUT2D eigenvalue weighted by molar-refractivity contribution is -0.167. The molecule has 156 valence electrons. The molecule has 0 heterocycles. The van der Waals surface area contributed by atoms with Gasteiger partial charge in [-0.15, -0.1) is 0 Å². The number of nitrogens with zero attached hydrogens (tertiary/aromatic N) is 1. The number of hydrogen-bond acceptors (Lipinski definition) is 4. The van der Waals surface area contributed by atoms with Crippen LogP contribution in [0.4, 0.5) is 30.2 Å². The second kappa shape index (κ2) is 9.81. The lowest BCUT2D eigenvalue weighted by Crippen LogP contribution is -2.34. The molecule has 5 N–H and O–H groups in total. The van der Waals surface area contributed by atoms with Crippen molar-refractivity contribution in [1.29, 1.82) is 0 Å². The lowest BCUT2D eigenvalue weighted by Gasteiger charge is -2.24. The molecule has 0 aromatic heterocycles. The van der Waals surface area contributed by atoms with E-state index in [9.17, 15) is 22.8 Å². The van der Waals surface area contributed by atoms with Gasteiger partial charge in [-0.05, 0) is 55.2 Å². The van der Waals surface area contributed by atoms with Gasteiger partial charge in [0.05, 0.1) is 6.54 Å². The summed E-state index contributed by atoms with van der Waals surface area (Å²) in [6, 6.07) is 13.4. The summed E-state index contributed by atoms with van der Waals surface area (Å²) in [7, 11) is 0. The largest absolute Gasteiger partial charge is 0.471 e. The van der Waals surface area contributed by atoms with E-state index in [1.807, 2.05) is 24.3 Å². The number of amides is 2. The predicted molar refractivity (Wildman–Crippen MR) is 106 cm³/mol. The molecular weight excluding hydrogens is 385 g/mol. The average molecular weight is 408 g/mol. The minimum atomic E-state index is -4.98. The van der Waals surface area contributed by atoms with Gasteiger partial charge in [0, 0.05) is 23.6 Å². The van der Waals surface area contributed by atoms with Gasteiger partial charge in [-0.1, -0.05) is 18.2 Å². The van der Waals surface area contributed by atoms with Crippen LogP contribution >= 0.6 is 0 Å². The Morgan fingerprint density at radius 2 is 1.72 bits per heavy atom. The highest BCUT2D eigenvalue weighted by Gasteiger charge is 2.38. The molecule has 2 rings (SSSR count). The normalized spacial score (nSPS) is 11.1. The summed E-state index contributed by atoms with van der Waals surface area (Å²) in [5.74, 6) is -2.62. The Labute approximate surface area is 166 Å². The predicted octanol–water partition coefficient (Wildman–Crippen LogP) is 3.08. The highest BCUT2D eigenvalue weighted by atomic mass is 19.4. The van der Waals surface area contributed by atoms with E-state index in [-0.39, 0.29) is 12.2 Å². The van der Waals surface area contributed by atoms with Crippen molar-refractivity contribution in [3.05, 3.63) is 54.1 Å². The van der Waals surface area contributed by atoms with Crippen LogP contribution in [0.25, 0.3) is 0 Å². The van der Waals surface area contributed by atoms with Crippen LogP contribution in [0.2, 0.25) is 0 Å². The third kappa shape index (κ3) is 7.36. The molecule has 0 spiro atoms. The molecule has 0 saturated heterocycles. The third-order valence-corrected chi connectivity index (χ3v) is 4.20. The molecule has 0 saturated carbocycles. The first kappa shape index (κ1) is 22.1. The fraction of sp³-hybridized carbons (Fsp3) is 0.300. The van der Waals surface area contributed by atoms with Crippen molar-refractivity contribution < 1.29 is 22.8 Å². The van der Waals surface area contributed by atoms with Crippen LogP contribution in [0, 0.1) is 0 Å². The zero-order valence-corrected chi connectivity index (χ0v) is 15.7. The SMILES string of the molecule is NC(=O)CN(CCCCc1ccc(N)cc1)c1cccc(NC(=O)C(F)(F)F)c1. The number of nitrogens with one attached hydrogen (secondary N) is 1. The maximum atomic E-state index is 12.4. The van der Waals surface area contributed by atoms with E-state index in [1.165, 1.54) is 18.2 Å². The molecule has 0 fully saturated rings. The highest BCUT2D eigenvalue weighted by Crippen LogP contribution is 2.23. The average Bonchev–Trinajstić information content (AvgIpc) is 2.65. The first-order valence-corrected chi connectivity index (χ1v) is 9.01. The number of benzene rings is 2. The number of carbonyl (C=O) groups is 2. The van der Waals surface area contributed by atoms with Crippen LogP contribution in [0.3, 0.4) is 0 Å². The van der Waals surface area contributed by atoms with Gasteiger partial charge in [0.25, 0.3) is 0 Å². The van der Waals surface area contributed by atoms with Gasteiger partial charge in [0.15, 0.2) is 0 Å². The molecule has 0 aliphatic carbocycles. The Balaban J connectivity index is 1.99. The number of hydrogen-bond donors (Lipinski definition) is 3. The van der Waals surface area contributed by atoms with Crippen molar-refractivity contribution in [2.24, 2.45) is 5.73 Å². The van der Waals surface area contributed by atoms with Crippen molar-refractivity contribution >= 4 is 28.9 Å². The van der Waals surface area contributed by atoms with Crippen molar-refractivity contribution in [1.82, 2.24) is 0 Å². The molecule has 0 aliphatic rings. The van der Waals surface area contributed by atoms with Gasteiger partial charge in [-0.25, -0.2) is 0 Å². The molecule has 29 heavy (non-hydrogen) atoms. The molecular formula is C20H23F3N4O2. The quantitative estimate of drug-likeness (QED) is 0.438. The maximum Gasteiger partial charge on any atom is 0.471 e. The molecule has 0 radical (unpaired) electrons. The monoisotopic (exact) mass is 408 g/mol. The summed E-state index contributed by atoms with van der Waals surface area (Å²) in [4.78, 5) is 24.2. The molecule has 0 unspecified atom stereocenters. The lowest BCUT2D eigenvalue weighted by atomic mass is 10.1.